The first-order valence-corrected chi connectivity index (χ1v) is 18.2. The Labute approximate surface area is 229 Å². The van der Waals surface area contributed by atoms with Gasteiger partial charge in [-0.1, -0.05) is 109 Å². The summed E-state index contributed by atoms with van der Waals surface area (Å²) in [5, 5.41) is 0. The molecule has 30 heavy (non-hydrogen) atoms. The summed E-state index contributed by atoms with van der Waals surface area (Å²) in [4.78, 5) is 0. The predicted octanol–water partition coefficient (Wildman–Crippen LogP) is 8.89. The zero-order chi connectivity index (χ0) is 23.5. The van der Waals surface area contributed by atoms with Gasteiger partial charge in [0.1, 0.15) is 0 Å². The van der Waals surface area contributed by atoms with Crippen molar-refractivity contribution in [2.75, 3.05) is 0 Å². The fourth-order valence-electron chi connectivity index (χ4n) is 4.11. The largest absolute Gasteiger partial charge is 0.327 e. The van der Waals surface area contributed by atoms with Crippen LogP contribution in [-0.2, 0) is 0 Å². The Kier molecular flexibility index (Phi) is 15.4. The van der Waals surface area contributed by atoms with E-state index in [0.29, 0.717) is 0 Å². The van der Waals surface area contributed by atoms with Crippen molar-refractivity contribution in [2.24, 2.45) is 0 Å². The smallest absolute Gasteiger partial charge is 0 e. The Bertz CT molecular complexity index is 333. The molecule has 0 saturated heterocycles. The second-order valence-electron chi connectivity index (χ2n) is 11.1. The molecule has 2 fully saturated rings. The minimum Gasteiger partial charge on any atom is -0.327 e. The van der Waals surface area contributed by atoms with Gasteiger partial charge in [0.05, 0.1) is 0 Å². The van der Waals surface area contributed by atoms with Gasteiger partial charge in [-0.3, -0.25) is 0 Å². The van der Waals surface area contributed by atoms with Crippen molar-refractivity contribution in [2.45, 2.75) is 109 Å². The normalized spacial score (nSPS) is 23.2. The van der Waals surface area contributed by atoms with Gasteiger partial charge >= 0.3 is 0 Å². The zero-order valence-corrected chi connectivity index (χ0v) is 28.2. The predicted molar refractivity (Wildman–Crippen MR) is 140 cm³/mol. The van der Waals surface area contributed by atoms with Gasteiger partial charge in [-0.2, -0.15) is 0 Å². The third-order valence-corrected chi connectivity index (χ3v) is 13.4. The molecule has 0 aromatic heterocycles. The van der Waals surface area contributed by atoms with E-state index < -0.39 is 16.1 Å². The number of rotatable bonds is 2. The van der Waals surface area contributed by atoms with Gasteiger partial charge in [0.15, 0.2) is 0 Å². The molecule has 3 heteroatoms. The Balaban J connectivity index is 0. The van der Waals surface area contributed by atoms with Crippen molar-refractivity contribution in [3.05, 3.63) is 64.8 Å². The summed E-state index contributed by atoms with van der Waals surface area (Å²) < 4.78 is 0. The molecule has 170 valence electrons. The molecule has 0 heterocycles. The average Bonchev–Trinajstić information content (AvgIpc) is 2.83. The van der Waals surface area contributed by atoms with E-state index in [9.17, 15) is 0 Å². The second-order valence-corrected chi connectivity index (χ2v) is 21.7. The fourth-order valence-corrected chi connectivity index (χ4v) is 14.5. The molecule has 0 aromatic rings. The first-order chi connectivity index (χ1) is 12.8. The molecule has 0 atom stereocenters. The minimum absolute atomic E-state index is 0. The van der Waals surface area contributed by atoms with Crippen LogP contribution in [-0.4, -0.2) is 16.1 Å². The Morgan fingerprint density at radius 2 is 0.433 bits per heavy atom. The summed E-state index contributed by atoms with van der Waals surface area (Å²) in [6, 6.07) is 0. The van der Waals surface area contributed by atoms with E-state index in [0.717, 1.165) is 0 Å². The van der Waals surface area contributed by atoms with Crippen LogP contribution >= 0.6 is 0 Å². The van der Waals surface area contributed by atoms with E-state index in [1.807, 2.05) is 0 Å². The van der Waals surface area contributed by atoms with Crippen molar-refractivity contribution in [3.63, 3.8) is 0 Å². The van der Waals surface area contributed by atoms with Crippen molar-refractivity contribution in [3.8, 4) is 0 Å². The maximum Gasteiger partial charge on any atom is 0 e. The molecular formula is C27H49CeSi2-. The monoisotopic (exact) mass is 569 g/mol. The quantitative estimate of drug-likeness (QED) is 0.230. The molecule has 2 aliphatic rings. The molecule has 0 aliphatic heterocycles. The van der Waals surface area contributed by atoms with Crippen LogP contribution in [0.3, 0.4) is 0 Å². The summed E-state index contributed by atoms with van der Waals surface area (Å²) >= 11 is 0. The van der Waals surface area contributed by atoms with Crippen LogP contribution in [0.25, 0.3) is 0 Å². The molecule has 0 bridgehead atoms. The van der Waals surface area contributed by atoms with Gasteiger partial charge < -0.3 is 5.67 Å². The van der Waals surface area contributed by atoms with Crippen LogP contribution in [0.2, 0.25) is 39.3 Å². The molecule has 2 rings (SSSR count). The van der Waals surface area contributed by atoms with Gasteiger partial charge in [-0.25, -0.2) is 0 Å². The van der Waals surface area contributed by atoms with E-state index in [2.05, 4.69) is 114 Å². The Hall–Kier alpha value is 1.81. The molecule has 0 amide bonds. The third kappa shape index (κ3) is 10.8. The molecule has 2 saturated carbocycles. The van der Waals surface area contributed by atoms with E-state index in [1.54, 1.807) is 0 Å². The van der Waals surface area contributed by atoms with Gasteiger partial charge in [-0.05, 0) is 59.2 Å². The summed E-state index contributed by atoms with van der Waals surface area (Å²) in [7, 11) is -1.71. The summed E-state index contributed by atoms with van der Waals surface area (Å²) in [5.74, 6) is 14.7. The van der Waals surface area contributed by atoms with Crippen LogP contribution in [0.15, 0.2) is 0 Å². The Morgan fingerprint density at radius 3 is 0.467 bits per heavy atom. The number of hydrogen-bond donors (Lipinski definition) is 0. The first kappa shape index (κ1) is 34.0. The molecule has 10 radical (unpaired) electrons. The van der Waals surface area contributed by atoms with Crippen molar-refractivity contribution in [1.29, 1.82) is 0 Å². The summed E-state index contributed by atoms with van der Waals surface area (Å²) in [6.45, 7) is 36.4. The molecule has 0 N–H and O–H groups in total. The van der Waals surface area contributed by atoms with Crippen LogP contribution < -0.4 is 0 Å². The standard InChI is InChI=1S/2C10H15.C7H19Si2.Ce/c2*1-6-7(2)9(4)10(5)8(6)3;1-8(2,3)7-9(4,5)6;/h2*1-5H3;7H,1-6H3;/q;;-1;. The Morgan fingerprint density at radius 1 is 0.333 bits per heavy atom. The van der Waals surface area contributed by atoms with Crippen LogP contribution in [0.4, 0.5) is 0 Å². The maximum absolute atomic E-state index is 2.65. The maximum atomic E-state index is 2.65. The van der Waals surface area contributed by atoms with E-state index in [-0.39, 0.29) is 41.7 Å². The average molecular weight is 570 g/mol. The number of hydrogen-bond acceptors (Lipinski definition) is 0. The van der Waals surface area contributed by atoms with E-state index in [4.69, 9.17) is 0 Å². The van der Waals surface area contributed by atoms with Gasteiger partial charge in [-0.15, -0.1) is 16.1 Å². The molecule has 0 unspecified atom stereocenters. The molecule has 0 aromatic carbocycles. The van der Waals surface area contributed by atoms with Gasteiger partial charge in [0.2, 0.25) is 0 Å². The molecule has 2 aliphatic carbocycles. The van der Waals surface area contributed by atoms with E-state index >= 15 is 0 Å². The van der Waals surface area contributed by atoms with Gasteiger partial charge in [0, 0.05) is 41.7 Å². The van der Waals surface area contributed by atoms with Crippen molar-refractivity contribution >= 4 is 16.1 Å². The molecular weight excluding hydrogens is 521 g/mol. The SMILES string of the molecule is C[C]1[C](C)[C](C)[C](C)[C]1C.C[C]1[C](C)[C](C)[C](C)[C]1C.C[Si](C)(C)[CH-][Si](C)(C)C.[Ce]. The van der Waals surface area contributed by atoms with E-state index in [1.165, 1.54) is 59.2 Å². The van der Waals surface area contributed by atoms with Crippen LogP contribution in [0.5, 0.6) is 0 Å². The van der Waals surface area contributed by atoms with Crippen molar-refractivity contribution < 1.29 is 41.7 Å². The van der Waals surface area contributed by atoms with Crippen molar-refractivity contribution in [1.82, 2.24) is 0 Å². The summed E-state index contributed by atoms with van der Waals surface area (Å²) in [6.07, 6.45) is 0. The van der Waals surface area contributed by atoms with Gasteiger partial charge in [0.25, 0.3) is 0 Å². The third-order valence-electron chi connectivity index (χ3n) is 6.49. The van der Waals surface area contributed by atoms with Crippen LogP contribution in [0.1, 0.15) is 69.2 Å². The first-order valence-electron chi connectivity index (χ1n) is 11.1. The van der Waals surface area contributed by atoms with Crippen LogP contribution in [0, 0.1) is 107 Å². The fraction of sp³-hybridized carbons (Fsp3) is 0.593. The summed E-state index contributed by atoms with van der Waals surface area (Å²) in [5.41, 5.74) is 2.65. The minimum atomic E-state index is -0.856. The topological polar surface area (TPSA) is 0 Å². The second kappa shape index (κ2) is 13.6. The molecule has 0 nitrogen and oxygen atoms in total. The zero-order valence-electron chi connectivity index (χ0n) is 23.1. The molecule has 0 spiro atoms.